The highest BCUT2D eigenvalue weighted by Gasteiger charge is 2.15. The molecule has 0 aromatic heterocycles. The monoisotopic (exact) mass is 357 g/mol. The number of anilines is 1. The largest absolute Gasteiger partial charge is 0.482 e. The highest BCUT2D eigenvalue weighted by molar-refractivity contribution is 6.33. The Bertz CT molecular complexity index is 817. The van der Waals surface area contributed by atoms with E-state index in [0.29, 0.717) is 22.0 Å². The smallest absolute Gasteiger partial charge is 0.260 e. The topological polar surface area (TPSA) is 82.4 Å². The standard InChI is InChI=1S/C18H16ClN3O3/c1-22(11-17(23)21-15-8-4-3-7-14(15)19)18(24)12-25-16-9-5-2-6-13(16)10-20/h2-9H,11-12H2,1H3,(H,21,23). The van der Waals surface area contributed by atoms with E-state index in [1.54, 1.807) is 48.5 Å². The van der Waals surface area contributed by atoms with Gasteiger partial charge >= 0.3 is 0 Å². The van der Waals surface area contributed by atoms with E-state index in [9.17, 15) is 9.59 Å². The van der Waals surface area contributed by atoms with Crippen LogP contribution < -0.4 is 10.1 Å². The normalized spacial score (nSPS) is 9.80. The number of carbonyl (C=O) groups excluding carboxylic acids is 2. The van der Waals surface area contributed by atoms with E-state index in [1.807, 2.05) is 6.07 Å². The van der Waals surface area contributed by atoms with Crippen molar-refractivity contribution in [2.45, 2.75) is 0 Å². The first-order chi connectivity index (χ1) is 12.0. The van der Waals surface area contributed by atoms with Crippen molar-refractivity contribution in [3.8, 4) is 11.8 Å². The summed E-state index contributed by atoms with van der Waals surface area (Å²) >= 11 is 5.97. The third kappa shape index (κ3) is 5.23. The Morgan fingerprint density at radius 1 is 1.20 bits per heavy atom. The summed E-state index contributed by atoms with van der Waals surface area (Å²) in [7, 11) is 1.49. The summed E-state index contributed by atoms with van der Waals surface area (Å²) in [5.41, 5.74) is 0.823. The molecule has 7 heteroatoms. The third-order valence-corrected chi connectivity index (χ3v) is 3.64. The fraction of sp³-hybridized carbons (Fsp3) is 0.167. The van der Waals surface area contributed by atoms with Crippen molar-refractivity contribution < 1.29 is 14.3 Å². The second-order valence-corrected chi connectivity index (χ2v) is 5.58. The lowest BCUT2D eigenvalue weighted by molar-refractivity contribution is -0.135. The molecule has 0 saturated heterocycles. The first kappa shape index (κ1) is 18.3. The lowest BCUT2D eigenvalue weighted by Gasteiger charge is -2.17. The van der Waals surface area contributed by atoms with Gasteiger partial charge < -0.3 is 15.0 Å². The minimum Gasteiger partial charge on any atom is -0.482 e. The van der Waals surface area contributed by atoms with E-state index < -0.39 is 0 Å². The fourth-order valence-electron chi connectivity index (χ4n) is 1.99. The van der Waals surface area contributed by atoms with Gasteiger partial charge in [0.2, 0.25) is 5.91 Å². The summed E-state index contributed by atoms with van der Waals surface area (Å²) in [4.78, 5) is 25.3. The summed E-state index contributed by atoms with van der Waals surface area (Å²) in [6.07, 6.45) is 0. The zero-order valence-electron chi connectivity index (χ0n) is 13.5. The van der Waals surface area contributed by atoms with E-state index in [0.717, 1.165) is 0 Å². The number of hydrogen-bond acceptors (Lipinski definition) is 4. The van der Waals surface area contributed by atoms with E-state index in [-0.39, 0.29) is 25.0 Å². The molecule has 6 nitrogen and oxygen atoms in total. The van der Waals surface area contributed by atoms with Crippen molar-refractivity contribution >= 4 is 29.1 Å². The molecule has 0 unspecified atom stereocenters. The Kier molecular flexibility index (Phi) is 6.38. The second kappa shape index (κ2) is 8.71. The number of benzene rings is 2. The predicted octanol–water partition coefficient (Wildman–Crippen LogP) is 2.69. The van der Waals surface area contributed by atoms with Crippen molar-refractivity contribution in [1.82, 2.24) is 4.90 Å². The van der Waals surface area contributed by atoms with Gasteiger partial charge in [-0.25, -0.2) is 0 Å². The van der Waals surface area contributed by atoms with Gasteiger partial charge in [-0.1, -0.05) is 35.9 Å². The van der Waals surface area contributed by atoms with Gasteiger partial charge in [0.05, 0.1) is 22.8 Å². The van der Waals surface area contributed by atoms with Crippen LogP contribution in [0.2, 0.25) is 5.02 Å². The molecule has 0 heterocycles. The quantitative estimate of drug-likeness (QED) is 0.861. The van der Waals surface area contributed by atoms with Gasteiger partial charge in [-0.05, 0) is 24.3 Å². The number of nitrogens with zero attached hydrogens (tertiary/aromatic N) is 2. The van der Waals surface area contributed by atoms with Gasteiger partial charge in [-0.3, -0.25) is 9.59 Å². The maximum absolute atomic E-state index is 12.1. The number of likely N-dealkylation sites (N-methyl/N-ethyl adjacent to an activating group) is 1. The number of amides is 2. The van der Waals surface area contributed by atoms with Gasteiger partial charge in [0.25, 0.3) is 5.91 Å². The number of carbonyl (C=O) groups is 2. The van der Waals surface area contributed by atoms with Crippen LogP contribution in [0.4, 0.5) is 5.69 Å². The first-order valence-corrected chi connectivity index (χ1v) is 7.79. The average molecular weight is 358 g/mol. The van der Waals surface area contributed by atoms with E-state index in [2.05, 4.69) is 5.32 Å². The van der Waals surface area contributed by atoms with Crippen LogP contribution in [-0.4, -0.2) is 36.9 Å². The van der Waals surface area contributed by atoms with Crippen molar-refractivity contribution in [3.63, 3.8) is 0 Å². The van der Waals surface area contributed by atoms with Crippen LogP contribution >= 0.6 is 11.6 Å². The number of halogens is 1. The highest BCUT2D eigenvalue weighted by atomic mass is 35.5. The van der Waals surface area contributed by atoms with Gasteiger partial charge in [-0.2, -0.15) is 5.26 Å². The molecular formula is C18H16ClN3O3. The fourth-order valence-corrected chi connectivity index (χ4v) is 2.17. The molecule has 2 amide bonds. The summed E-state index contributed by atoms with van der Waals surface area (Å²) in [5, 5.41) is 12.0. The number of hydrogen-bond donors (Lipinski definition) is 1. The third-order valence-electron chi connectivity index (χ3n) is 3.31. The van der Waals surface area contributed by atoms with Crippen LogP contribution in [0.5, 0.6) is 5.75 Å². The lowest BCUT2D eigenvalue weighted by Crippen LogP contribution is -2.37. The van der Waals surface area contributed by atoms with Crippen LogP contribution in [-0.2, 0) is 9.59 Å². The van der Waals surface area contributed by atoms with Crippen molar-refractivity contribution in [2.75, 3.05) is 25.5 Å². The SMILES string of the molecule is CN(CC(=O)Nc1ccccc1Cl)C(=O)COc1ccccc1C#N. The minimum atomic E-state index is -0.387. The Morgan fingerprint density at radius 3 is 2.60 bits per heavy atom. The number of nitriles is 1. The molecular weight excluding hydrogens is 342 g/mol. The molecule has 1 N–H and O–H groups in total. The summed E-state index contributed by atoms with van der Waals surface area (Å²) < 4.78 is 5.36. The molecule has 0 fully saturated rings. The van der Waals surface area contributed by atoms with Crippen LogP contribution in [0.25, 0.3) is 0 Å². The Morgan fingerprint density at radius 2 is 1.88 bits per heavy atom. The molecule has 0 aliphatic heterocycles. The summed E-state index contributed by atoms with van der Waals surface area (Å²) in [6.45, 7) is -0.415. The maximum atomic E-state index is 12.1. The second-order valence-electron chi connectivity index (χ2n) is 5.17. The van der Waals surface area contributed by atoms with Crippen molar-refractivity contribution in [3.05, 3.63) is 59.1 Å². The van der Waals surface area contributed by atoms with Crippen LogP contribution in [0.1, 0.15) is 5.56 Å². The molecule has 0 saturated carbocycles. The van der Waals surface area contributed by atoms with Gasteiger partial charge in [0.15, 0.2) is 6.61 Å². The van der Waals surface area contributed by atoms with Crippen molar-refractivity contribution in [1.29, 1.82) is 5.26 Å². The molecule has 0 radical (unpaired) electrons. The molecule has 0 atom stereocenters. The number of rotatable bonds is 6. The Hall–Kier alpha value is -3.04. The van der Waals surface area contributed by atoms with Crippen LogP contribution in [0, 0.1) is 11.3 Å². The average Bonchev–Trinajstić information content (AvgIpc) is 2.61. The first-order valence-electron chi connectivity index (χ1n) is 7.41. The molecule has 128 valence electrons. The van der Waals surface area contributed by atoms with Gasteiger partial charge in [0.1, 0.15) is 11.8 Å². The Labute approximate surface area is 150 Å². The molecule has 25 heavy (non-hydrogen) atoms. The highest BCUT2D eigenvalue weighted by Crippen LogP contribution is 2.20. The van der Waals surface area contributed by atoms with Crippen LogP contribution in [0.3, 0.4) is 0 Å². The van der Waals surface area contributed by atoms with E-state index >= 15 is 0 Å². The number of nitrogens with one attached hydrogen (secondary N) is 1. The lowest BCUT2D eigenvalue weighted by atomic mass is 10.2. The van der Waals surface area contributed by atoms with E-state index in [1.165, 1.54) is 11.9 Å². The molecule has 2 aromatic rings. The molecule has 2 aromatic carbocycles. The molecule has 0 aliphatic rings. The zero-order chi connectivity index (χ0) is 18.2. The number of para-hydroxylation sites is 2. The predicted molar refractivity (Wildman–Crippen MR) is 94.4 cm³/mol. The van der Waals surface area contributed by atoms with Gasteiger partial charge in [0, 0.05) is 7.05 Å². The summed E-state index contributed by atoms with van der Waals surface area (Å²) in [6, 6.07) is 15.4. The summed E-state index contributed by atoms with van der Waals surface area (Å²) in [5.74, 6) is -0.435. The van der Waals surface area contributed by atoms with E-state index in [4.69, 9.17) is 21.6 Å². The molecule has 0 aliphatic carbocycles. The van der Waals surface area contributed by atoms with Crippen LogP contribution in [0.15, 0.2) is 48.5 Å². The molecule has 0 spiro atoms. The minimum absolute atomic E-state index is 0.146. The van der Waals surface area contributed by atoms with Crippen molar-refractivity contribution in [2.24, 2.45) is 0 Å². The maximum Gasteiger partial charge on any atom is 0.260 e. The van der Waals surface area contributed by atoms with Gasteiger partial charge in [-0.15, -0.1) is 0 Å². The molecule has 0 bridgehead atoms. The zero-order valence-corrected chi connectivity index (χ0v) is 14.3. The number of ether oxygens (including phenoxy) is 1. The Balaban J connectivity index is 1.87. The molecule has 2 rings (SSSR count).